The van der Waals surface area contributed by atoms with Crippen molar-refractivity contribution in [3.8, 4) is 5.75 Å². The first-order valence-corrected chi connectivity index (χ1v) is 7.96. The first-order chi connectivity index (χ1) is 11.2. The molecule has 0 unspecified atom stereocenters. The Morgan fingerprint density at radius 2 is 2.00 bits per heavy atom. The van der Waals surface area contributed by atoms with E-state index in [1.165, 1.54) is 0 Å². The predicted octanol–water partition coefficient (Wildman–Crippen LogP) is 4.19. The lowest BCUT2D eigenvalue weighted by Gasteiger charge is -2.03. The van der Waals surface area contributed by atoms with Gasteiger partial charge in [-0.05, 0) is 55.0 Å². The van der Waals surface area contributed by atoms with Crippen LogP contribution in [0, 0.1) is 0 Å². The smallest absolute Gasteiger partial charge is 0.363 e. The van der Waals surface area contributed by atoms with Crippen LogP contribution in [0.15, 0.2) is 63.7 Å². The third kappa shape index (κ3) is 3.68. The van der Waals surface area contributed by atoms with Gasteiger partial charge in [0, 0.05) is 10.0 Å². The minimum atomic E-state index is -0.450. The Bertz CT molecular complexity index is 794. The van der Waals surface area contributed by atoms with Gasteiger partial charge in [-0.3, -0.25) is 0 Å². The highest BCUT2D eigenvalue weighted by Gasteiger charge is 2.24. The third-order valence-corrected chi connectivity index (χ3v) is 3.68. The SMILES string of the molecule is CCOc1ccc(C2=N/C(=C\c3cccc(Br)c3)C(=O)O2)cc1. The van der Waals surface area contributed by atoms with Gasteiger partial charge in [-0.2, -0.15) is 0 Å². The van der Waals surface area contributed by atoms with Crippen molar-refractivity contribution in [2.24, 2.45) is 4.99 Å². The third-order valence-electron chi connectivity index (χ3n) is 3.18. The summed E-state index contributed by atoms with van der Waals surface area (Å²) in [4.78, 5) is 16.3. The van der Waals surface area contributed by atoms with E-state index < -0.39 is 5.97 Å². The van der Waals surface area contributed by atoms with E-state index in [0.29, 0.717) is 12.5 Å². The summed E-state index contributed by atoms with van der Waals surface area (Å²) in [6, 6.07) is 14.9. The van der Waals surface area contributed by atoms with Crippen molar-refractivity contribution in [3.05, 3.63) is 69.8 Å². The van der Waals surface area contributed by atoms with Gasteiger partial charge >= 0.3 is 5.97 Å². The van der Waals surface area contributed by atoms with Crippen LogP contribution in [-0.2, 0) is 9.53 Å². The molecule has 0 N–H and O–H groups in total. The van der Waals surface area contributed by atoms with E-state index in [4.69, 9.17) is 9.47 Å². The lowest BCUT2D eigenvalue weighted by atomic mass is 10.2. The van der Waals surface area contributed by atoms with Gasteiger partial charge in [0.1, 0.15) is 5.75 Å². The number of carbonyl (C=O) groups is 1. The van der Waals surface area contributed by atoms with Crippen molar-refractivity contribution in [1.29, 1.82) is 0 Å². The maximum absolute atomic E-state index is 12.0. The highest BCUT2D eigenvalue weighted by molar-refractivity contribution is 9.10. The molecule has 0 aliphatic carbocycles. The van der Waals surface area contributed by atoms with Crippen molar-refractivity contribution in [1.82, 2.24) is 0 Å². The van der Waals surface area contributed by atoms with Gasteiger partial charge in [-0.1, -0.05) is 28.1 Å². The summed E-state index contributed by atoms with van der Waals surface area (Å²) in [7, 11) is 0. The van der Waals surface area contributed by atoms with Gasteiger partial charge in [0.15, 0.2) is 5.70 Å². The largest absolute Gasteiger partial charge is 0.494 e. The number of ether oxygens (including phenoxy) is 2. The normalized spacial score (nSPS) is 15.5. The van der Waals surface area contributed by atoms with Gasteiger partial charge in [-0.15, -0.1) is 0 Å². The summed E-state index contributed by atoms with van der Waals surface area (Å²) in [5.74, 6) is 0.624. The number of esters is 1. The van der Waals surface area contributed by atoms with Crippen LogP contribution in [-0.4, -0.2) is 18.5 Å². The number of benzene rings is 2. The second-order valence-electron chi connectivity index (χ2n) is 4.85. The summed E-state index contributed by atoms with van der Waals surface area (Å²) < 4.78 is 11.6. The summed E-state index contributed by atoms with van der Waals surface area (Å²) in [5, 5.41) is 0. The van der Waals surface area contributed by atoms with E-state index in [1.54, 1.807) is 6.08 Å². The number of nitrogens with zero attached hydrogens (tertiary/aromatic N) is 1. The lowest BCUT2D eigenvalue weighted by molar-refractivity contribution is -0.129. The molecule has 0 bridgehead atoms. The minimum absolute atomic E-state index is 0.284. The molecule has 0 saturated heterocycles. The molecule has 116 valence electrons. The zero-order chi connectivity index (χ0) is 16.2. The number of cyclic esters (lactones) is 1. The molecule has 23 heavy (non-hydrogen) atoms. The molecule has 5 heteroatoms. The van der Waals surface area contributed by atoms with E-state index in [0.717, 1.165) is 21.3 Å². The number of hydrogen-bond acceptors (Lipinski definition) is 4. The first-order valence-electron chi connectivity index (χ1n) is 7.17. The van der Waals surface area contributed by atoms with E-state index in [-0.39, 0.29) is 5.70 Å². The number of carbonyl (C=O) groups excluding carboxylic acids is 1. The molecule has 0 amide bonds. The quantitative estimate of drug-likeness (QED) is 0.597. The molecule has 4 nitrogen and oxygen atoms in total. The molecular weight excluding hydrogens is 358 g/mol. The number of hydrogen-bond donors (Lipinski definition) is 0. The standard InChI is InChI=1S/C18H14BrNO3/c1-2-22-15-8-6-13(7-9-15)17-20-16(18(21)23-17)11-12-4-3-5-14(19)10-12/h3-11H,2H2,1H3/b16-11-. The van der Waals surface area contributed by atoms with Gasteiger partial charge in [0.2, 0.25) is 5.90 Å². The number of halogens is 1. The van der Waals surface area contributed by atoms with Crippen LogP contribution in [0.3, 0.4) is 0 Å². The van der Waals surface area contributed by atoms with Crippen LogP contribution in [0.25, 0.3) is 6.08 Å². The minimum Gasteiger partial charge on any atom is -0.494 e. The van der Waals surface area contributed by atoms with Gasteiger partial charge in [0.25, 0.3) is 0 Å². The molecule has 1 heterocycles. The molecule has 3 rings (SSSR count). The fourth-order valence-corrected chi connectivity index (χ4v) is 2.56. The van der Waals surface area contributed by atoms with Crippen LogP contribution < -0.4 is 4.74 Å². The Balaban J connectivity index is 1.86. The summed E-state index contributed by atoms with van der Waals surface area (Å²) in [6.45, 7) is 2.53. The lowest BCUT2D eigenvalue weighted by Crippen LogP contribution is -2.05. The fraction of sp³-hybridized carbons (Fsp3) is 0.111. The van der Waals surface area contributed by atoms with Crippen LogP contribution in [0.5, 0.6) is 5.75 Å². The fourth-order valence-electron chi connectivity index (χ4n) is 2.15. The average Bonchev–Trinajstić information content (AvgIpc) is 2.89. The molecular formula is C18H14BrNO3. The molecule has 0 fully saturated rings. The van der Waals surface area contributed by atoms with E-state index in [2.05, 4.69) is 20.9 Å². The molecule has 0 aromatic heterocycles. The van der Waals surface area contributed by atoms with Gasteiger partial charge in [0.05, 0.1) is 6.61 Å². The molecule has 1 aliphatic heterocycles. The van der Waals surface area contributed by atoms with Crippen molar-refractivity contribution < 1.29 is 14.3 Å². The highest BCUT2D eigenvalue weighted by Crippen LogP contribution is 2.22. The van der Waals surface area contributed by atoms with Crippen molar-refractivity contribution >= 4 is 33.9 Å². The highest BCUT2D eigenvalue weighted by atomic mass is 79.9. The molecule has 2 aromatic carbocycles. The Morgan fingerprint density at radius 3 is 2.70 bits per heavy atom. The second kappa shape index (κ2) is 6.79. The van der Waals surface area contributed by atoms with Crippen LogP contribution in [0.4, 0.5) is 0 Å². The molecule has 0 radical (unpaired) electrons. The van der Waals surface area contributed by atoms with Gasteiger partial charge in [-0.25, -0.2) is 9.79 Å². The Hall–Kier alpha value is -2.40. The first kappa shape index (κ1) is 15.5. The molecule has 1 aliphatic rings. The summed E-state index contributed by atoms with van der Waals surface area (Å²) >= 11 is 3.40. The van der Waals surface area contributed by atoms with Crippen molar-refractivity contribution in [2.45, 2.75) is 6.92 Å². The van der Waals surface area contributed by atoms with Crippen LogP contribution >= 0.6 is 15.9 Å². The van der Waals surface area contributed by atoms with Crippen LogP contribution in [0.1, 0.15) is 18.1 Å². The monoisotopic (exact) mass is 371 g/mol. The van der Waals surface area contributed by atoms with Crippen molar-refractivity contribution in [2.75, 3.05) is 6.61 Å². The summed E-state index contributed by atoms with van der Waals surface area (Å²) in [6.07, 6.45) is 1.70. The molecule has 0 saturated carbocycles. The maximum atomic E-state index is 12.0. The van der Waals surface area contributed by atoms with Crippen LogP contribution in [0.2, 0.25) is 0 Å². The number of aliphatic imine (C=N–C) groups is 1. The van der Waals surface area contributed by atoms with E-state index in [1.807, 2.05) is 55.5 Å². The number of rotatable bonds is 4. The Morgan fingerprint density at radius 1 is 1.22 bits per heavy atom. The summed E-state index contributed by atoms with van der Waals surface area (Å²) in [5.41, 5.74) is 1.90. The Labute approximate surface area is 142 Å². The second-order valence-corrected chi connectivity index (χ2v) is 5.76. The Kier molecular flexibility index (Phi) is 4.57. The molecule has 2 aromatic rings. The maximum Gasteiger partial charge on any atom is 0.363 e. The van der Waals surface area contributed by atoms with Crippen molar-refractivity contribution in [3.63, 3.8) is 0 Å². The predicted molar refractivity (Wildman–Crippen MR) is 92.4 cm³/mol. The topological polar surface area (TPSA) is 47.9 Å². The van der Waals surface area contributed by atoms with E-state index >= 15 is 0 Å². The van der Waals surface area contributed by atoms with Gasteiger partial charge < -0.3 is 9.47 Å². The van der Waals surface area contributed by atoms with E-state index in [9.17, 15) is 4.79 Å². The molecule has 0 atom stereocenters. The molecule has 0 spiro atoms. The zero-order valence-electron chi connectivity index (χ0n) is 12.5. The zero-order valence-corrected chi connectivity index (χ0v) is 14.0. The average molecular weight is 372 g/mol.